The van der Waals surface area contributed by atoms with E-state index in [9.17, 15) is 17.6 Å². The lowest BCUT2D eigenvalue weighted by Gasteiger charge is -2.33. The molecule has 0 spiro atoms. The fraction of sp³-hybridized carbons (Fsp3) is 0.312. The van der Waals surface area contributed by atoms with E-state index in [2.05, 4.69) is 26.6 Å². The third-order valence-electron chi connectivity index (χ3n) is 4.60. The summed E-state index contributed by atoms with van der Waals surface area (Å²) in [5.41, 5.74) is 2.44. The minimum atomic E-state index is -3.44. The van der Waals surface area contributed by atoms with Crippen LogP contribution in [0.1, 0.15) is 17.9 Å². The van der Waals surface area contributed by atoms with E-state index in [0.717, 1.165) is 0 Å². The molecule has 1 aromatic rings. The Labute approximate surface area is 159 Å². The molecule has 1 aromatic carbocycles. The lowest BCUT2D eigenvalue weighted by Crippen LogP contribution is -2.42. The van der Waals surface area contributed by atoms with Crippen molar-refractivity contribution in [1.29, 1.82) is 0 Å². The molecular weight excluding hydrogens is 435 g/mol. The number of halogens is 3. The Morgan fingerprint density at radius 1 is 1.20 bits per heavy atom. The van der Waals surface area contributed by atoms with Crippen molar-refractivity contribution < 1.29 is 17.6 Å². The summed E-state index contributed by atoms with van der Waals surface area (Å²) < 4.78 is 39.0. The number of nitrogens with one attached hydrogen (secondary N) is 2. The zero-order valence-corrected chi connectivity index (χ0v) is 16.2. The first-order valence-corrected chi connectivity index (χ1v) is 9.98. The first-order chi connectivity index (χ1) is 11.4. The van der Waals surface area contributed by atoms with Crippen LogP contribution in [-0.2, 0) is 14.6 Å². The number of rotatable bonds is 1. The number of hydrogen-bond acceptors (Lipinski definition) is 5. The molecule has 3 aliphatic rings. The molecule has 0 fully saturated rings. The van der Waals surface area contributed by atoms with Gasteiger partial charge in [0.2, 0.25) is 0 Å². The number of benzene rings is 1. The number of sulfone groups is 1. The van der Waals surface area contributed by atoms with Gasteiger partial charge in [-0.3, -0.25) is 4.79 Å². The van der Waals surface area contributed by atoms with Gasteiger partial charge in [-0.15, -0.1) is 12.4 Å². The molecule has 134 valence electrons. The van der Waals surface area contributed by atoms with Crippen LogP contribution < -0.4 is 10.6 Å². The molecule has 3 heterocycles. The predicted molar refractivity (Wildman–Crippen MR) is 97.6 cm³/mol. The van der Waals surface area contributed by atoms with E-state index in [0.29, 0.717) is 35.5 Å². The van der Waals surface area contributed by atoms with Crippen LogP contribution in [0.3, 0.4) is 0 Å². The average molecular weight is 450 g/mol. The van der Waals surface area contributed by atoms with Crippen molar-refractivity contribution in [2.24, 2.45) is 0 Å². The Hall–Kier alpha value is -1.22. The summed E-state index contributed by atoms with van der Waals surface area (Å²) in [6.45, 7) is 0.652. The maximum Gasteiger partial charge on any atom is 0.177 e. The van der Waals surface area contributed by atoms with Crippen LogP contribution in [0.5, 0.6) is 0 Å². The summed E-state index contributed by atoms with van der Waals surface area (Å²) in [4.78, 5) is 12.8. The van der Waals surface area contributed by atoms with Gasteiger partial charge in [0.15, 0.2) is 15.6 Å². The fourth-order valence-corrected chi connectivity index (χ4v) is 5.80. The van der Waals surface area contributed by atoms with Gasteiger partial charge in [-0.05, 0) is 33.6 Å². The molecule has 0 amide bonds. The first-order valence-electron chi connectivity index (χ1n) is 7.53. The molecule has 0 bridgehead atoms. The minimum Gasteiger partial charge on any atom is -0.360 e. The van der Waals surface area contributed by atoms with Crippen LogP contribution in [0.2, 0.25) is 0 Å². The van der Waals surface area contributed by atoms with Crippen molar-refractivity contribution in [2.75, 3.05) is 18.8 Å². The van der Waals surface area contributed by atoms with Gasteiger partial charge >= 0.3 is 0 Å². The van der Waals surface area contributed by atoms with Crippen molar-refractivity contribution in [3.05, 3.63) is 55.9 Å². The second-order valence-corrected chi connectivity index (χ2v) is 8.99. The van der Waals surface area contributed by atoms with Crippen LogP contribution in [0.25, 0.3) is 0 Å². The Balaban J connectivity index is 0.00000182. The van der Waals surface area contributed by atoms with Crippen LogP contribution >= 0.6 is 28.3 Å². The lowest BCUT2D eigenvalue weighted by molar-refractivity contribution is -0.115. The monoisotopic (exact) mass is 448 g/mol. The molecule has 5 nitrogen and oxygen atoms in total. The highest BCUT2D eigenvalue weighted by atomic mass is 79.9. The minimum absolute atomic E-state index is 0. The number of carbonyl (C=O) groups excluding carboxylic acids is 1. The summed E-state index contributed by atoms with van der Waals surface area (Å²) in [6, 6.07) is 4.40. The van der Waals surface area contributed by atoms with Gasteiger partial charge < -0.3 is 10.6 Å². The highest BCUT2D eigenvalue weighted by Gasteiger charge is 2.44. The first kappa shape index (κ1) is 18.6. The molecule has 25 heavy (non-hydrogen) atoms. The molecule has 0 aromatic heterocycles. The average Bonchev–Trinajstić information content (AvgIpc) is 2.84. The van der Waals surface area contributed by atoms with Crippen molar-refractivity contribution in [2.45, 2.75) is 12.3 Å². The molecular formula is C16H15BrClFN2O3S. The molecule has 4 rings (SSSR count). The van der Waals surface area contributed by atoms with Crippen molar-refractivity contribution in [3.8, 4) is 0 Å². The molecule has 3 aliphatic heterocycles. The quantitative estimate of drug-likeness (QED) is 0.687. The molecule has 9 heteroatoms. The van der Waals surface area contributed by atoms with Gasteiger partial charge in [-0.25, -0.2) is 12.8 Å². The Morgan fingerprint density at radius 2 is 1.96 bits per heavy atom. The zero-order valence-electron chi connectivity index (χ0n) is 12.9. The predicted octanol–water partition coefficient (Wildman–Crippen LogP) is 2.15. The van der Waals surface area contributed by atoms with E-state index in [-0.39, 0.29) is 39.9 Å². The van der Waals surface area contributed by atoms with Crippen LogP contribution in [-0.4, -0.2) is 33.0 Å². The van der Waals surface area contributed by atoms with Crippen LogP contribution in [0.15, 0.2) is 44.5 Å². The topological polar surface area (TPSA) is 75.3 Å². The van der Waals surface area contributed by atoms with E-state index in [1.165, 1.54) is 6.07 Å². The summed E-state index contributed by atoms with van der Waals surface area (Å²) >= 11 is 3.15. The van der Waals surface area contributed by atoms with Crippen LogP contribution in [0, 0.1) is 5.82 Å². The number of allylic oxidation sites excluding steroid dienone is 2. The molecule has 1 atom stereocenters. The molecule has 1 unspecified atom stereocenters. The molecule has 0 saturated heterocycles. The Bertz CT molecular complexity index is 943. The largest absolute Gasteiger partial charge is 0.360 e. The third kappa shape index (κ3) is 2.95. The van der Waals surface area contributed by atoms with E-state index in [4.69, 9.17) is 0 Å². The number of hydrogen-bond donors (Lipinski definition) is 2. The summed E-state index contributed by atoms with van der Waals surface area (Å²) in [5.74, 6) is -1.20. The highest BCUT2D eigenvalue weighted by Crippen LogP contribution is 2.45. The number of carbonyl (C=O) groups is 1. The maximum absolute atomic E-state index is 13.6. The number of ketones is 1. The molecule has 0 saturated carbocycles. The SMILES string of the molecule is Cl.O=C1CNCC2=C1C(c1ccc(F)c(Br)c1)C1=C(CCS1(=O)=O)N2. The van der Waals surface area contributed by atoms with Crippen molar-refractivity contribution >= 4 is 44.0 Å². The van der Waals surface area contributed by atoms with Gasteiger partial charge in [0.05, 0.1) is 27.6 Å². The lowest BCUT2D eigenvalue weighted by atomic mass is 9.82. The van der Waals surface area contributed by atoms with Gasteiger partial charge in [0.1, 0.15) is 5.82 Å². The van der Waals surface area contributed by atoms with E-state index in [1.807, 2.05) is 0 Å². The highest BCUT2D eigenvalue weighted by molar-refractivity contribution is 9.10. The van der Waals surface area contributed by atoms with Gasteiger partial charge in [0.25, 0.3) is 0 Å². The molecule has 2 N–H and O–H groups in total. The van der Waals surface area contributed by atoms with E-state index in [1.54, 1.807) is 12.1 Å². The number of dihydropyridines is 1. The second kappa shape index (κ2) is 6.50. The smallest absolute Gasteiger partial charge is 0.177 e. The van der Waals surface area contributed by atoms with Crippen LogP contribution in [0.4, 0.5) is 4.39 Å². The van der Waals surface area contributed by atoms with E-state index < -0.39 is 21.6 Å². The van der Waals surface area contributed by atoms with Gasteiger partial charge in [-0.1, -0.05) is 6.07 Å². The van der Waals surface area contributed by atoms with Gasteiger partial charge in [0, 0.05) is 29.9 Å². The number of Topliss-reactive ketones (excluding diaryl/α,β-unsaturated/α-hetero) is 1. The fourth-order valence-electron chi connectivity index (χ4n) is 3.56. The Kier molecular flexibility index (Phi) is 4.83. The molecule has 0 aliphatic carbocycles. The summed E-state index contributed by atoms with van der Waals surface area (Å²) in [6.07, 6.45) is 0.404. The zero-order chi connectivity index (χ0) is 17.1. The maximum atomic E-state index is 13.6. The van der Waals surface area contributed by atoms with Crippen molar-refractivity contribution in [1.82, 2.24) is 10.6 Å². The normalized spacial score (nSPS) is 24.4. The standard InChI is InChI=1S/C16H14BrFN2O3S.ClH/c17-9-5-8(1-2-10(9)18)14-15-12(6-19-7-13(15)21)20-11-3-4-24(22,23)16(11)14;/h1-2,5,14,19-20H,3-4,6-7H2;1H. The van der Waals surface area contributed by atoms with Gasteiger partial charge in [-0.2, -0.15) is 0 Å². The Morgan fingerprint density at radius 3 is 2.68 bits per heavy atom. The third-order valence-corrected chi connectivity index (χ3v) is 7.10. The molecule has 0 radical (unpaired) electrons. The second-order valence-electron chi connectivity index (χ2n) is 6.06. The van der Waals surface area contributed by atoms with Crippen molar-refractivity contribution in [3.63, 3.8) is 0 Å². The summed E-state index contributed by atoms with van der Waals surface area (Å²) in [5, 5.41) is 6.16. The van der Waals surface area contributed by atoms with E-state index >= 15 is 0 Å². The summed E-state index contributed by atoms with van der Waals surface area (Å²) in [7, 11) is -3.44.